The van der Waals surface area contributed by atoms with E-state index in [9.17, 15) is 4.79 Å². The number of hydrogen-bond acceptors (Lipinski definition) is 3. The van der Waals surface area contributed by atoms with Crippen molar-refractivity contribution >= 4 is 28.1 Å². The van der Waals surface area contributed by atoms with Gasteiger partial charge < -0.3 is 14.7 Å². The molecule has 4 nitrogen and oxygen atoms in total. The summed E-state index contributed by atoms with van der Waals surface area (Å²) in [6.07, 6.45) is 4.56. The fourth-order valence-electron chi connectivity index (χ4n) is 4.60. The normalized spacial score (nSPS) is 17.8. The maximum atomic E-state index is 12.9. The second-order valence-electron chi connectivity index (χ2n) is 7.82. The Hall–Kier alpha value is -2.07. The predicted molar refractivity (Wildman–Crippen MR) is 114 cm³/mol. The van der Waals surface area contributed by atoms with Gasteiger partial charge in [0.15, 0.2) is 0 Å². The molecule has 0 saturated carbocycles. The molecule has 144 valence electrons. The highest BCUT2D eigenvalue weighted by molar-refractivity contribution is 6.26. The van der Waals surface area contributed by atoms with E-state index in [2.05, 4.69) is 41.8 Å². The van der Waals surface area contributed by atoms with Crippen LogP contribution in [0.3, 0.4) is 0 Å². The molecule has 0 aromatic heterocycles. The molecule has 1 fully saturated rings. The van der Waals surface area contributed by atoms with E-state index >= 15 is 0 Å². The summed E-state index contributed by atoms with van der Waals surface area (Å²) in [5.74, 6) is 0.172. The van der Waals surface area contributed by atoms with Crippen LogP contribution in [0.1, 0.15) is 49.9 Å². The third-order valence-corrected chi connectivity index (χ3v) is 5.97. The van der Waals surface area contributed by atoms with Crippen LogP contribution in [0.15, 0.2) is 30.3 Å². The van der Waals surface area contributed by atoms with Gasteiger partial charge in [0.25, 0.3) is 5.91 Å². The molecule has 2 aromatic carbocycles. The molecular weight excluding hydrogens is 334 g/mol. The second-order valence-corrected chi connectivity index (χ2v) is 7.82. The van der Waals surface area contributed by atoms with E-state index in [0.29, 0.717) is 0 Å². The van der Waals surface area contributed by atoms with Crippen LogP contribution in [0.5, 0.6) is 0 Å². The number of carbonyl (C=O) groups is 1. The molecule has 4 heteroatoms. The van der Waals surface area contributed by atoms with Gasteiger partial charge in [-0.25, -0.2) is 0 Å². The zero-order chi connectivity index (χ0) is 18.8. The van der Waals surface area contributed by atoms with Crippen LogP contribution >= 0.6 is 0 Å². The lowest BCUT2D eigenvalue weighted by Gasteiger charge is -2.26. The fourth-order valence-corrected chi connectivity index (χ4v) is 4.60. The molecular formula is C23H31N3O. The van der Waals surface area contributed by atoms with E-state index in [1.807, 2.05) is 17.0 Å². The Morgan fingerprint density at radius 3 is 2.56 bits per heavy atom. The Morgan fingerprint density at radius 2 is 1.74 bits per heavy atom. The lowest BCUT2D eigenvalue weighted by molar-refractivity contribution is 0.0993. The van der Waals surface area contributed by atoms with Gasteiger partial charge in [-0.3, -0.25) is 4.79 Å². The monoisotopic (exact) mass is 365 g/mol. The summed E-state index contributed by atoms with van der Waals surface area (Å²) < 4.78 is 0. The molecule has 2 aromatic rings. The predicted octanol–water partition coefficient (Wildman–Crippen LogP) is 4.52. The molecule has 0 unspecified atom stereocenters. The fraction of sp³-hybridized carbons (Fsp3) is 0.522. The number of hydrogen-bond donors (Lipinski definition) is 0. The second kappa shape index (κ2) is 7.89. The molecule has 0 N–H and O–H groups in total. The zero-order valence-corrected chi connectivity index (χ0v) is 16.7. The van der Waals surface area contributed by atoms with Crippen molar-refractivity contribution in [2.75, 3.05) is 49.1 Å². The molecule has 4 rings (SSSR count). The van der Waals surface area contributed by atoms with E-state index in [4.69, 9.17) is 0 Å². The van der Waals surface area contributed by atoms with Crippen LogP contribution in [0, 0.1) is 0 Å². The summed E-state index contributed by atoms with van der Waals surface area (Å²) in [6.45, 7) is 10.9. The number of nitrogens with zero attached hydrogens (tertiary/aromatic N) is 3. The Kier molecular flexibility index (Phi) is 5.35. The summed E-state index contributed by atoms with van der Waals surface area (Å²) in [4.78, 5) is 20.0. The molecule has 1 amide bonds. The van der Waals surface area contributed by atoms with Gasteiger partial charge in [0, 0.05) is 48.2 Å². The first-order chi connectivity index (χ1) is 13.2. The molecule has 0 atom stereocenters. The summed E-state index contributed by atoms with van der Waals surface area (Å²) in [6, 6.07) is 10.7. The molecule has 2 aliphatic heterocycles. The number of unbranched alkanes of at least 4 members (excludes halogenated alkanes) is 1. The van der Waals surface area contributed by atoms with E-state index in [1.54, 1.807) is 0 Å². The van der Waals surface area contributed by atoms with Gasteiger partial charge in [0.2, 0.25) is 0 Å². The number of benzene rings is 2. The Balaban J connectivity index is 1.69. The average molecular weight is 366 g/mol. The van der Waals surface area contributed by atoms with Crippen molar-refractivity contribution in [1.29, 1.82) is 0 Å². The number of amides is 1. The molecule has 0 bridgehead atoms. The van der Waals surface area contributed by atoms with Crippen LogP contribution in [-0.2, 0) is 0 Å². The van der Waals surface area contributed by atoms with Crippen LogP contribution in [-0.4, -0.2) is 50.1 Å². The maximum Gasteiger partial charge on any atom is 0.258 e. The summed E-state index contributed by atoms with van der Waals surface area (Å²) >= 11 is 0. The number of carbonyl (C=O) groups excluding carboxylic acids is 1. The Morgan fingerprint density at radius 1 is 0.889 bits per heavy atom. The van der Waals surface area contributed by atoms with Crippen LogP contribution in [0.4, 0.5) is 11.4 Å². The lowest BCUT2D eigenvalue weighted by Crippen LogP contribution is -2.31. The summed E-state index contributed by atoms with van der Waals surface area (Å²) in [5.41, 5.74) is 3.27. The molecule has 2 heterocycles. The first-order valence-electron chi connectivity index (χ1n) is 10.6. The van der Waals surface area contributed by atoms with E-state index < -0.39 is 0 Å². The quantitative estimate of drug-likeness (QED) is 0.753. The van der Waals surface area contributed by atoms with Crippen LogP contribution in [0.25, 0.3) is 10.8 Å². The summed E-state index contributed by atoms with van der Waals surface area (Å²) in [5, 5.41) is 2.40. The average Bonchev–Trinajstić information content (AvgIpc) is 2.84. The smallest absolute Gasteiger partial charge is 0.258 e. The SMILES string of the molecule is CCCCN1C(=O)c2cccc3c(N4CCCN(CCC)CC4)ccc1c23. The van der Waals surface area contributed by atoms with Crippen LogP contribution in [0.2, 0.25) is 0 Å². The molecule has 0 radical (unpaired) electrons. The number of anilines is 2. The number of rotatable bonds is 6. The highest BCUT2D eigenvalue weighted by Gasteiger charge is 2.30. The topological polar surface area (TPSA) is 26.8 Å². The van der Waals surface area contributed by atoms with Gasteiger partial charge in [-0.05, 0) is 50.6 Å². The van der Waals surface area contributed by atoms with Crippen LogP contribution < -0.4 is 9.80 Å². The molecule has 2 aliphatic rings. The van der Waals surface area contributed by atoms with Gasteiger partial charge in [-0.1, -0.05) is 32.4 Å². The minimum absolute atomic E-state index is 0.172. The molecule has 27 heavy (non-hydrogen) atoms. The van der Waals surface area contributed by atoms with Gasteiger partial charge in [-0.2, -0.15) is 0 Å². The van der Waals surface area contributed by atoms with Crippen molar-refractivity contribution in [2.24, 2.45) is 0 Å². The Bertz CT molecular complexity index is 832. The van der Waals surface area contributed by atoms with Crippen molar-refractivity contribution in [3.8, 4) is 0 Å². The molecule has 1 saturated heterocycles. The largest absolute Gasteiger partial charge is 0.370 e. The first-order valence-corrected chi connectivity index (χ1v) is 10.6. The third-order valence-electron chi connectivity index (χ3n) is 5.97. The standard InChI is InChI=1S/C23H31N3O/c1-3-5-15-26-21-11-10-20(18-8-6-9-19(22(18)21)23(26)27)25-14-7-13-24(12-4-2)16-17-25/h6,8-11H,3-5,7,12-17H2,1-2H3. The zero-order valence-electron chi connectivity index (χ0n) is 16.7. The van der Waals surface area contributed by atoms with Gasteiger partial charge >= 0.3 is 0 Å². The Labute approximate surface area is 162 Å². The van der Waals surface area contributed by atoms with Gasteiger partial charge in [-0.15, -0.1) is 0 Å². The van der Waals surface area contributed by atoms with Crippen molar-refractivity contribution < 1.29 is 4.79 Å². The van der Waals surface area contributed by atoms with Crippen molar-refractivity contribution in [2.45, 2.75) is 39.5 Å². The lowest BCUT2D eigenvalue weighted by atomic mass is 10.0. The minimum atomic E-state index is 0.172. The van der Waals surface area contributed by atoms with E-state index in [-0.39, 0.29) is 5.91 Å². The van der Waals surface area contributed by atoms with Crippen molar-refractivity contribution in [3.05, 3.63) is 35.9 Å². The van der Waals surface area contributed by atoms with Crippen molar-refractivity contribution in [1.82, 2.24) is 4.90 Å². The van der Waals surface area contributed by atoms with E-state index in [1.165, 1.54) is 37.0 Å². The minimum Gasteiger partial charge on any atom is -0.370 e. The highest BCUT2D eigenvalue weighted by Crippen LogP contribution is 2.41. The van der Waals surface area contributed by atoms with Gasteiger partial charge in [0.05, 0.1) is 5.69 Å². The van der Waals surface area contributed by atoms with E-state index in [0.717, 1.165) is 55.7 Å². The van der Waals surface area contributed by atoms with Gasteiger partial charge in [0.1, 0.15) is 0 Å². The highest BCUT2D eigenvalue weighted by atomic mass is 16.2. The molecule has 0 aliphatic carbocycles. The molecule has 0 spiro atoms. The third kappa shape index (κ3) is 3.31. The summed E-state index contributed by atoms with van der Waals surface area (Å²) in [7, 11) is 0. The van der Waals surface area contributed by atoms with Crippen molar-refractivity contribution in [3.63, 3.8) is 0 Å². The first kappa shape index (κ1) is 18.3. The maximum absolute atomic E-state index is 12.9.